The number of aldehydes is 1. The van der Waals surface area contributed by atoms with Crippen LogP contribution in [-0.4, -0.2) is 12.8 Å². The van der Waals surface area contributed by atoms with Crippen LogP contribution in [0.4, 0.5) is 10.1 Å². The third-order valence-electron chi connectivity index (χ3n) is 2.06. The van der Waals surface area contributed by atoms with Crippen LogP contribution in [0.1, 0.15) is 15.9 Å². The molecule has 3 heteroatoms. The molecular formula is C9H8FNO. The highest BCUT2D eigenvalue weighted by Gasteiger charge is 2.13. The van der Waals surface area contributed by atoms with Crippen LogP contribution >= 0.6 is 0 Å². The van der Waals surface area contributed by atoms with Gasteiger partial charge in [-0.3, -0.25) is 4.79 Å². The van der Waals surface area contributed by atoms with Crippen molar-refractivity contribution in [2.24, 2.45) is 0 Å². The summed E-state index contributed by atoms with van der Waals surface area (Å²) in [6.45, 7) is 0.830. The maximum Gasteiger partial charge on any atom is 0.153 e. The van der Waals surface area contributed by atoms with E-state index < -0.39 is 5.82 Å². The van der Waals surface area contributed by atoms with E-state index in [1.807, 2.05) is 0 Å². The predicted octanol–water partition coefficient (Wildman–Crippen LogP) is 1.61. The lowest BCUT2D eigenvalue weighted by atomic mass is 10.1. The third-order valence-corrected chi connectivity index (χ3v) is 2.06. The van der Waals surface area contributed by atoms with Crippen LogP contribution in [0.5, 0.6) is 0 Å². The molecule has 0 saturated heterocycles. The number of rotatable bonds is 1. The summed E-state index contributed by atoms with van der Waals surface area (Å²) >= 11 is 0. The van der Waals surface area contributed by atoms with Crippen LogP contribution in [0.2, 0.25) is 0 Å². The molecular weight excluding hydrogens is 157 g/mol. The summed E-state index contributed by atoms with van der Waals surface area (Å²) in [5.41, 5.74) is 1.99. The van der Waals surface area contributed by atoms with Crippen LogP contribution in [-0.2, 0) is 6.42 Å². The van der Waals surface area contributed by atoms with Gasteiger partial charge in [0.25, 0.3) is 0 Å². The Balaban J connectivity index is 2.56. The first-order valence-electron chi connectivity index (χ1n) is 3.83. The number of hydrogen-bond acceptors (Lipinski definition) is 2. The minimum atomic E-state index is -0.446. The zero-order valence-corrected chi connectivity index (χ0v) is 6.43. The maximum absolute atomic E-state index is 13.0. The summed E-state index contributed by atoms with van der Waals surface area (Å²) in [5, 5.41) is 3.04. The molecule has 0 bridgehead atoms. The van der Waals surface area contributed by atoms with Crippen molar-refractivity contribution < 1.29 is 9.18 Å². The minimum Gasteiger partial charge on any atom is -0.384 e. The average molecular weight is 165 g/mol. The van der Waals surface area contributed by atoms with Crippen LogP contribution in [0.3, 0.4) is 0 Å². The van der Waals surface area contributed by atoms with Crippen molar-refractivity contribution in [1.29, 1.82) is 0 Å². The average Bonchev–Trinajstić information content (AvgIpc) is 2.49. The van der Waals surface area contributed by atoms with E-state index in [1.165, 1.54) is 6.07 Å². The van der Waals surface area contributed by atoms with Gasteiger partial charge in [-0.2, -0.15) is 0 Å². The lowest BCUT2D eigenvalue weighted by Crippen LogP contribution is -1.92. The number of carbonyl (C=O) groups excluding carboxylic acids is 1. The number of hydrogen-bond donors (Lipinski definition) is 1. The predicted molar refractivity (Wildman–Crippen MR) is 44.0 cm³/mol. The van der Waals surface area contributed by atoms with Gasteiger partial charge in [-0.25, -0.2) is 4.39 Å². The second kappa shape index (κ2) is 2.59. The van der Waals surface area contributed by atoms with Crippen LogP contribution in [0, 0.1) is 5.82 Å². The lowest BCUT2D eigenvalue weighted by Gasteiger charge is -2.00. The van der Waals surface area contributed by atoms with Crippen molar-refractivity contribution in [3.8, 4) is 0 Å². The summed E-state index contributed by atoms with van der Waals surface area (Å²) in [6.07, 6.45) is 1.42. The Morgan fingerprint density at radius 3 is 3.08 bits per heavy atom. The van der Waals surface area contributed by atoms with Gasteiger partial charge in [0, 0.05) is 12.2 Å². The van der Waals surface area contributed by atoms with Crippen LogP contribution in [0.25, 0.3) is 0 Å². The zero-order chi connectivity index (χ0) is 8.55. The molecule has 1 aromatic rings. The van der Waals surface area contributed by atoms with Gasteiger partial charge in [0.2, 0.25) is 0 Å². The molecule has 12 heavy (non-hydrogen) atoms. The monoisotopic (exact) mass is 165 g/mol. The van der Waals surface area contributed by atoms with Gasteiger partial charge >= 0.3 is 0 Å². The third kappa shape index (κ3) is 0.978. The normalized spacial score (nSPS) is 13.8. The molecule has 1 aliphatic rings. The van der Waals surface area contributed by atoms with Crippen LogP contribution in [0.15, 0.2) is 12.1 Å². The molecule has 1 N–H and O–H groups in total. The van der Waals surface area contributed by atoms with Crippen LogP contribution < -0.4 is 5.32 Å². The maximum atomic E-state index is 13.0. The van der Waals surface area contributed by atoms with Gasteiger partial charge in [0.1, 0.15) is 5.82 Å². The van der Waals surface area contributed by atoms with Gasteiger partial charge in [-0.1, -0.05) is 0 Å². The second-order valence-corrected chi connectivity index (χ2v) is 2.83. The van der Waals surface area contributed by atoms with Gasteiger partial charge < -0.3 is 5.32 Å². The van der Waals surface area contributed by atoms with Crippen molar-refractivity contribution in [2.75, 3.05) is 11.9 Å². The number of benzene rings is 1. The quantitative estimate of drug-likeness (QED) is 0.640. The van der Waals surface area contributed by atoms with E-state index in [0.717, 1.165) is 24.2 Å². The Morgan fingerprint density at radius 1 is 1.50 bits per heavy atom. The summed E-state index contributed by atoms with van der Waals surface area (Å²) in [7, 11) is 0. The zero-order valence-electron chi connectivity index (χ0n) is 6.43. The van der Waals surface area contributed by atoms with E-state index >= 15 is 0 Å². The van der Waals surface area contributed by atoms with E-state index in [1.54, 1.807) is 6.07 Å². The fraction of sp³-hybridized carbons (Fsp3) is 0.222. The molecule has 0 fully saturated rings. The molecule has 0 atom stereocenters. The van der Waals surface area contributed by atoms with Crippen molar-refractivity contribution in [3.63, 3.8) is 0 Å². The number of carbonyl (C=O) groups is 1. The number of fused-ring (bicyclic) bond motifs is 1. The Morgan fingerprint density at radius 2 is 2.33 bits per heavy atom. The van der Waals surface area contributed by atoms with Crippen molar-refractivity contribution in [2.45, 2.75) is 6.42 Å². The molecule has 1 heterocycles. The first-order valence-corrected chi connectivity index (χ1v) is 3.83. The minimum absolute atomic E-state index is 0.150. The molecule has 0 aliphatic carbocycles. The van der Waals surface area contributed by atoms with E-state index in [0.29, 0.717) is 6.29 Å². The Hall–Kier alpha value is -1.38. The molecule has 0 saturated carbocycles. The summed E-state index contributed by atoms with van der Waals surface area (Å²) in [4.78, 5) is 10.4. The van der Waals surface area contributed by atoms with Gasteiger partial charge in [-0.15, -0.1) is 0 Å². The van der Waals surface area contributed by atoms with Gasteiger partial charge in [0.05, 0.1) is 5.56 Å². The Kier molecular flexibility index (Phi) is 1.57. The van der Waals surface area contributed by atoms with E-state index in [-0.39, 0.29) is 5.56 Å². The Labute approximate surface area is 69.4 Å². The van der Waals surface area contributed by atoms with E-state index in [2.05, 4.69) is 5.32 Å². The molecule has 0 aromatic heterocycles. The number of nitrogens with one attached hydrogen (secondary N) is 1. The summed E-state index contributed by atoms with van der Waals surface area (Å²) in [6, 6.07) is 2.99. The molecule has 1 aliphatic heterocycles. The standard InChI is InChI=1S/C9H8FNO/c10-8-4-9-6(1-2-11-9)3-7(8)5-12/h3-5,11H,1-2H2. The highest BCUT2D eigenvalue weighted by atomic mass is 19.1. The van der Waals surface area contributed by atoms with E-state index in [4.69, 9.17) is 0 Å². The molecule has 0 spiro atoms. The van der Waals surface area contributed by atoms with Crippen molar-refractivity contribution >= 4 is 12.0 Å². The highest BCUT2D eigenvalue weighted by Crippen LogP contribution is 2.24. The molecule has 0 amide bonds. The lowest BCUT2D eigenvalue weighted by molar-refractivity contribution is 0.112. The molecule has 0 unspecified atom stereocenters. The second-order valence-electron chi connectivity index (χ2n) is 2.83. The molecule has 1 aromatic carbocycles. The number of halogens is 1. The first-order chi connectivity index (χ1) is 5.81. The Bertz CT molecular complexity index is 336. The van der Waals surface area contributed by atoms with Crippen molar-refractivity contribution in [3.05, 3.63) is 29.1 Å². The van der Waals surface area contributed by atoms with Gasteiger partial charge in [-0.05, 0) is 24.1 Å². The fourth-order valence-electron chi connectivity index (χ4n) is 1.43. The first kappa shape index (κ1) is 7.28. The summed E-state index contributed by atoms with van der Waals surface area (Å²) < 4.78 is 13.0. The highest BCUT2D eigenvalue weighted by molar-refractivity contribution is 5.77. The molecule has 2 rings (SSSR count). The summed E-state index contributed by atoms with van der Waals surface area (Å²) in [5.74, 6) is -0.446. The topological polar surface area (TPSA) is 29.1 Å². The SMILES string of the molecule is O=Cc1cc2c(cc1F)NCC2. The molecule has 0 radical (unpaired) electrons. The van der Waals surface area contributed by atoms with E-state index in [9.17, 15) is 9.18 Å². The smallest absolute Gasteiger partial charge is 0.153 e. The fourth-order valence-corrected chi connectivity index (χ4v) is 1.43. The molecule has 62 valence electrons. The largest absolute Gasteiger partial charge is 0.384 e. The molecule has 2 nitrogen and oxygen atoms in total. The number of anilines is 1. The van der Waals surface area contributed by atoms with Crippen molar-refractivity contribution in [1.82, 2.24) is 0 Å². The van der Waals surface area contributed by atoms with Gasteiger partial charge in [0.15, 0.2) is 6.29 Å².